The van der Waals surface area contributed by atoms with Gasteiger partial charge < -0.3 is 10.5 Å². The summed E-state index contributed by atoms with van der Waals surface area (Å²) in [5.74, 6) is 0.00531. The molecule has 1 aromatic carbocycles. The predicted molar refractivity (Wildman–Crippen MR) is 117 cm³/mol. The summed E-state index contributed by atoms with van der Waals surface area (Å²) in [7, 11) is -2.44. The number of benzene rings is 1. The van der Waals surface area contributed by atoms with Crippen molar-refractivity contribution < 1.29 is 17.7 Å². The van der Waals surface area contributed by atoms with E-state index in [1.165, 1.54) is 34.7 Å². The van der Waals surface area contributed by atoms with Gasteiger partial charge in [-0.3, -0.25) is 9.20 Å². The van der Waals surface area contributed by atoms with E-state index in [0.29, 0.717) is 35.9 Å². The van der Waals surface area contributed by atoms with E-state index in [-0.39, 0.29) is 26.6 Å². The molecule has 31 heavy (non-hydrogen) atoms. The molecule has 0 bridgehead atoms. The molecule has 0 atom stereocenters. The summed E-state index contributed by atoms with van der Waals surface area (Å²) >= 11 is 5.90. The van der Waals surface area contributed by atoms with Crippen molar-refractivity contribution in [2.45, 2.75) is 22.8 Å². The predicted octanol–water partition coefficient (Wildman–Crippen LogP) is 2.24. The average molecular weight is 460 g/mol. The number of nitrogen functional groups attached to an aromatic ring is 1. The van der Waals surface area contributed by atoms with Gasteiger partial charge in [-0.15, -0.1) is 0 Å². The standard InChI is InChI=1S/C21H19ClN4O4S/c1-30-12-4-11-26-19(23)17(31(28,29)15-8-6-14(22)7-9-15)13-16-20(26)24-18-5-2-3-10-25(18)21(16)27/h2-3,5-10,13,23H,4,11-12H2,1H3/p+1. The van der Waals surface area contributed by atoms with E-state index in [9.17, 15) is 13.2 Å². The third kappa shape index (κ3) is 3.76. The monoisotopic (exact) mass is 459 g/mol. The molecule has 0 radical (unpaired) electrons. The Labute approximate surface area is 183 Å². The lowest BCUT2D eigenvalue weighted by Gasteiger charge is -2.13. The summed E-state index contributed by atoms with van der Waals surface area (Å²) in [5.41, 5.74) is 6.72. The number of nitrogens with two attached hydrogens (primary N) is 1. The first-order chi connectivity index (χ1) is 14.8. The van der Waals surface area contributed by atoms with Crippen LogP contribution >= 0.6 is 11.6 Å². The van der Waals surface area contributed by atoms with Crippen LogP contribution in [-0.4, -0.2) is 31.5 Å². The van der Waals surface area contributed by atoms with Gasteiger partial charge in [-0.25, -0.2) is 13.0 Å². The van der Waals surface area contributed by atoms with E-state index < -0.39 is 9.84 Å². The zero-order valence-electron chi connectivity index (χ0n) is 16.7. The van der Waals surface area contributed by atoms with E-state index in [1.54, 1.807) is 36.1 Å². The molecule has 4 rings (SSSR count). The van der Waals surface area contributed by atoms with E-state index in [2.05, 4.69) is 4.98 Å². The summed E-state index contributed by atoms with van der Waals surface area (Å²) in [6, 6.07) is 12.3. The van der Waals surface area contributed by atoms with Crippen molar-refractivity contribution in [1.29, 1.82) is 0 Å². The van der Waals surface area contributed by atoms with Gasteiger partial charge in [0.2, 0.25) is 21.3 Å². The number of pyridine rings is 2. The maximum atomic E-state index is 13.4. The fraction of sp³-hybridized carbons (Fsp3) is 0.190. The molecule has 0 aliphatic carbocycles. The fourth-order valence-electron chi connectivity index (χ4n) is 3.42. The summed E-state index contributed by atoms with van der Waals surface area (Å²) in [6.45, 7) is 0.768. The number of sulfone groups is 1. The number of ether oxygens (including phenoxy) is 1. The van der Waals surface area contributed by atoms with Gasteiger partial charge >= 0.3 is 0 Å². The molecule has 0 saturated heterocycles. The molecule has 10 heteroatoms. The highest BCUT2D eigenvalue weighted by molar-refractivity contribution is 7.91. The lowest BCUT2D eigenvalue weighted by molar-refractivity contribution is -0.661. The molecule has 4 aromatic rings. The maximum absolute atomic E-state index is 13.4. The number of anilines is 1. The number of methoxy groups -OCH3 is 1. The number of hydrogen-bond acceptors (Lipinski definition) is 6. The molecule has 2 N–H and O–H groups in total. The van der Waals surface area contributed by atoms with Crippen molar-refractivity contribution in [2.75, 3.05) is 19.5 Å². The number of rotatable bonds is 6. The highest BCUT2D eigenvalue weighted by Gasteiger charge is 2.29. The van der Waals surface area contributed by atoms with Gasteiger partial charge in [0, 0.05) is 31.4 Å². The number of halogens is 1. The van der Waals surface area contributed by atoms with E-state index >= 15 is 0 Å². The molecular weight excluding hydrogens is 440 g/mol. The number of fused-ring (bicyclic) bond motifs is 2. The fourth-order valence-corrected chi connectivity index (χ4v) is 4.96. The van der Waals surface area contributed by atoms with Crippen molar-refractivity contribution >= 4 is 43.9 Å². The highest BCUT2D eigenvalue weighted by atomic mass is 35.5. The largest absolute Gasteiger partial charge is 0.385 e. The first-order valence-electron chi connectivity index (χ1n) is 9.47. The average Bonchev–Trinajstić information content (AvgIpc) is 2.76. The van der Waals surface area contributed by atoms with Crippen LogP contribution in [-0.2, 0) is 21.1 Å². The minimum atomic E-state index is -4.01. The van der Waals surface area contributed by atoms with Crippen molar-refractivity contribution in [3.8, 4) is 0 Å². The summed E-state index contributed by atoms with van der Waals surface area (Å²) in [5, 5.41) is 0.567. The Bertz CT molecular complexity index is 1450. The van der Waals surface area contributed by atoms with Crippen LogP contribution in [0.1, 0.15) is 6.42 Å². The van der Waals surface area contributed by atoms with Gasteiger partial charge in [-0.2, -0.15) is 0 Å². The molecule has 0 spiro atoms. The van der Waals surface area contributed by atoms with Gasteiger partial charge in [0.25, 0.3) is 11.2 Å². The first kappa shape index (κ1) is 21.2. The molecular formula is C21H20ClN4O4S+. The lowest BCUT2D eigenvalue weighted by Crippen LogP contribution is -2.42. The van der Waals surface area contributed by atoms with Gasteiger partial charge in [-0.1, -0.05) is 22.7 Å². The highest BCUT2D eigenvalue weighted by Crippen LogP contribution is 2.27. The van der Waals surface area contributed by atoms with Crippen LogP contribution in [0.15, 0.2) is 69.3 Å². The Kier molecular flexibility index (Phi) is 5.65. The third-order valence-electron chi connectivity index (χ3n) is 4.97. The molecule has 0 aliphatic rings. The van der Waals surface area contributed by atoms with Crippen LogP contribution in [0.2, 0.25) is 5.02 Å². The van der Waals surface area contributed by atoms with Crippen LogP contribution in [0.5, 0.6) is 0 Å². The molecule has 0 fully saturated rings. The Balaban J connectivity index is 2.05. The van der Waals surface area contributed by atoms with Gasteiger partial charge in [0.1, 0.15) is 10.3 Å². The molecule has 0 amide bonds. The third-order valence-corrected chi connectivity index (χ3v) is 7.02. The SMILES string of the molecule is COCCC[n+]1c(N)c(S(=O)(=O)c2ccc(Cl)cc2)cc2c(=O)n3ccccc3nc21. The summed E-state index contributed by atoms with van der Waals surface area (Å²) < 4.78 is 34.8. The normalized spacial score (nSPS) is 11.9. The molecule has 0 unspecified atom stereocenters. The topological polar surface area (TPSA) is 108 Å². The second-order valence-corrected chi connectivity index (χ2v) is 9.29. The maximum Gasteiger partial charge on any atom is 0.278 e. The van der Waals surface area contributed by atoms with Crippen LogP contribution in [0, 0.1) is 0 Å². The van der Waals surface area contributed by atoms with Crippen LogP contribution < -0.4 is 15.9 Å². The van der Waals surface area contributed by atoms with Crippen LogP contribution in [0.3, 0.4) is 0 Å². The van der Waals surface area contributed by atoms with Gasteiger partial charge in [0.05, 0.1) is 11.4 Å². The lowest BCUT2D eigenvalue weighted by atomic mass is 10.3. The smallest absolute Gasteiger partial charge is 0.278 e. The van der Waals surface area contributed by atoms with Crippen LogP contribution in [0.4, 0.5) is 5.82 Å². The van der Waals surface area contributed by atoms with Crippen molar-refractivity contribution in [3.63, 3.8) is 0 Å². The van der Waals surface area contributed by atoms with Crippen LogP contribution in [0.25, 0.3) is 16.7 Å². The van der Waals surface area contributed by atoms with Gasteiger partial charge in [-0.05, 0) is 42.5 Å². The van der Waals surface area contributed by atoms with Crippen molar-refractivity contribution in [3.05, 3.63) is 70.1 Å². The number of aromatic nitrogens is 3. The zero-order valence-corrected chi connectivity index (χ0v) is 18.2. The minimum absolute atomic E-state index is 0.00531. The molecule has 8 nitrogen and oxygen atoms in total. The Morgan fingerprint density at radius 3 is 2.65 bits per heavy atom. The zero-order chi connectivity index (χ0) is 22.2. The Morgan fingerprint density at radius 1 is 1.19 bits per heavy atom. The van der Waals surface area contributed by atoms with E-state index in [0.717, 1.165) is 0 Å². The van der Waals surface area contributed by atoms with Crippen molar-refractivity contribution in [1.82, 2.24) is 9.38 Å². The van der Waals surface area contributed by atoms with E-state index in [1.807, 2.05) is 0 Å². The molecule has 3 aromatic heterocycles. The Hall–Kier alpha value is -3.01. The minimum Gasteiger partial charge on any atom is -0.385 e. The molecule has 160 valence electrons. The second kappa shape index (κ2) is 8.26. The first-order valence-corrected chi connectivity index (χ1v) is 11.3. The number of aryl methyl sites for hydroxylation is 1. The number of hydrogen-bond donors (Lipinski definition) is 1. The Morgan fingerprint density at radius 2 is 1.94 bits per heavy atom. The number of nitrogens with zero attached hydrogens (tertiary/aromatic N) is 3. The quantitative estimate of drug-likeness (QED) is 0.269. The second-order valence-electron chi connectivity index (χ2n) is 6.93. The van der Waals surface area contributed by atoms with Crippen molar-refractivity contribution in [2.24, 2.45) is 0 Å². The molecule has 0 saturated carbocycles. The molecule has 0 aliphatic heterocycles. The summed E-state index contributed by atoms with van der Waals surface area (Å²) in [4.78, 5) is 17.6. The molecule has 3 heterocycles. The van der Waals surface area contributed by atoms with E-state index in [4.69, 9.17) is 22.1 Å². The van der Waals surface area contributed by atoms with Gasteiger partial charge in [0.15, 0.2) is 0 Å². The summed E-state index contributed by atoms with van der Waals surface area (Å²) in [6.07, 6.45) is 2.14.